The summed E-state index contributed by atoms with van der Waals surface area (Å²) >= 11 is 5.95. The minimum atomic E-state index is -0.827. The number of aromatic amines is 1. The highest BCUT2D eigenvalue weighted by molar-refractivity contribution is 6.31. The molecule has 33 heavy (non-hydrogen) atoms. The van der Waals surface area contributed by atoms with Crippen molar-refractivity contribution in [2.45, 2.75) is 58.1 Å². The van der Waals surface area contributed by atoms with Gasteiger partial charge in [-0.2, -0.15) is 0 Å². The van der Waals surface area contributed by atoms with E-state index in [0.717, 1.165) is 5.01 Å². The average molecular weight is 481 g/mol. The van der Waals surface area contributed by atoms with Crippen LogP contribution in [0, 0.1) is 11.7 Å². The van der Waals surface area contributed by atoms with Crippen LogP contribution in [0.4, 0.5) is 9.18 Å². The monoisotopic (exact) mass is 480 g/mol. The van der Waals surface area contributed by atoms with Crippen LogP contribution in [-0.4, -0.2) is 58.5 Å². The second-order valence-corrected chi connectivity index (χ2v) is 9.98. The molecular formula is C23H30ClFN4O4. The van der Waals surface area contributed by atoms with Gasteiger partial charge in [-0.05, 0) is 58.2 Å². The van der Waals surface area contributed by atoms with Gasteiger partial charge in [0.15, 0.2) is 5.82 Å². The maximum absolute atomic E-state index is 14.9. The third-order valence-corrected chi connectivity index (χ3v) is 5.77. The number of H-pyrrole nitrogens is 1. The molecule has 0 bridgehead atoms. The minimum Gasteiger partial charge on any atom is -0.442 e. The molecule has 2 N–H and O–H groups in total. The molecule has 0 spiro atoms. The topological polar surface area (TPSA) is 94.7 Å². The van der Waals surface area contributed by atoms with Crippen LogP contribution in [0.2, 0.25) is 5.02 Å². The molecule has 3 rings (SSSR count). The van der Waals surface area contributed by atoms with E-state index in [9.17, 15) is 18.8 Å². The Balaban J connectivity index is 1.88. The van der Waals surface area contributed by atoms with Gasteiger partial charge in [0, 0.05) is 35.9 Å². The highest BCUT2D eigenvalue weighted by Gasteiger charge is 2.37. The lowest BCUT2D eigenvalue weighted by Crippen LogP contribution is -2.55. The Bertz CT molecular complexity index is 1060. The van der Waals surface area contributed by atoms with Crippen molar-refractivity contribution in [1.82, 2.24) is 20.3 Å². The number of hydrazine groups is 1. The van der Waals surface area contributed by atoms with Crippen LogP contribution in [0.1, 0.15) is 56.9 Å². The van der Waals surface area contributed by atoms with Crippen LogP contribution in [0.25, 0.3) is 10.9 Å². The first-order valence-corrected chi connectivity index (χ1v) is 11.3. The summed E-state index contributed by atoms with van der Waals surface area (Å²) in [6.45, 7) is 5.14. The summed E-state index contributed by atoms with van der Waals surface area (Å²) < 4.78 is 20.4. The summed E-state index contributed by atoms with van der Waals surface area (Å²) in [6.07, 6.45) is 1.56. The van der Waals surface area contributed by atoms with Gasteiger partial charge in [0.2, 0.25) is 5.91 Å². The Labute approximate surface area is 197 Å². The van der Waals surface area contributed by atoms with E-state index in [0.29, 0.717) is 36.2 Å². The first kappa shape index (κ1) is 24.8. The van der Waals surface area contributed by atoms with Crippen molar-refractivity contribution in [1.29, 1.82) is 0 Å². The summed E-state index contributed by atoms with van der Waals surface area (Å²) in [6, 6.07) is 4.09. The van der Waals surface area contributed by atoms with Crippen molar-refractivity contribution in [2.75, 3.05) is 14.1 Å². The molecule has 1 heterocycles. The fraction of sp³-hybridized carbons (Fsp3) is 0.522. The number of ether oxygens (including phenoxy) is 1. The molecule has 3 amide bonds. The molecule has 10 heteroatoms. The zero-order chi connectivity index (χ0) is 24.5. The highest BCUT2D eigenvalue weighted by Crippen LogP contribution is 2.30. The predicted octanol–water partition coefficient (Wildman–Crippen LogP) is 4.49. The van der Waals surface area contributed by atoms with Gasteiger partial charge in [-0.1, -0.05) is 18.0 Å². The van der Waals surface area contributed by atoms with E-state index < -0.39 is 29.5 Å². The summed E-state index contributed by atoms with van der Waals surface area (Å²) in [4.78, 5) is 42.8. The first-order valence-electron chi connectivity index (χ1n) is 10.9. The number of aromatic nitrogens is 1. The molecule has 1 fully saturated rings. The number of nitrogens with zero attached hydrogens (tertiary/aromatic N) is 2. The number of halogens is 2. The standard InChI is InChI=1S/C23H30ClFN4O4/c1-23(2,3)33-22(32)29(15-8-6-7-13(11-15)21(31)28(4)5)27-20(30)19-18(25)16-12-14(24)9-10-17(16)26-19/h9-10,12-13,15,26H,6-8,11H2,1-5H3,(H,27,30)/t13-,15+/m0/s1. The number of carbonyl (C=O) groups excluding carboxylic acids is 3. The molecule has 1 aliphatic carbocycles. The van der Waals surface area contributed by atoms with Crippen LogP contribution < -0.4 is 5.43 Å². The summed E-state index contributed by atoms with van der Waals surface area (Å²) in [7, 11) is 3.37. The number of nitrogens with one attached hydrogen (secondary N) is 2. The van der Waals surface area contributed by atoms with Crippen LogP contribution in [0.5, 0.6) is 0 Å². The zero-order valence-corrected chi connectivity index (χ0v) is 20.3. The Morgan fingerprint density at radius 1 is 1.21 bits per heavy atom. The quantitative estimate of drug-likeness (QED) is 0.633. The number of benzene rings is 1. The van der Waals surface area contributed by atoms with Gasteiger partial charge < -0.3 is 14.6 Å². The number of fused-ring (bicyclic) bond motifs is 1. The Morgan fingerprint density at radius 3 is 2.55 bits per heavy atom. The van der Waals surface area contributed by atoms with Crippen molar-refractivity contribution in [2.24, 2.45) is 5.92 Å². The molecule has 8 nitrogen and oxygen atoms in total. The molecule has 0 aliphatic heterocycles. The van der Waals surface area contributed by atoms with Gasteiger partial charge in [-0.3, -0.25) is 15.0 Å². The summed E-state index contributed by atoms with van der Waals surface area (Å²) in [5.41, 5.74) is 1.79. The van der Waals surface area contributed by atoms with Crippen LogP contribution in [-0.2, 0) is 9.53 Å². The van der Waals surface area contributed by atoms with E-state index in [1.165, 1.54) is 11.0 Å². The molecule has 2 atom stereocenters. The van der Waals surface area contributed by atoms with Gasteiger partial charge >= 0.3 is 6.09 Å². The third-order valence-electron chi connectivity index (χ3n) is 5.54. The number of carbonyl (C=O) groups is 3. The molecule has 2 aromatic rings. The number of hydrogen-bond acceptors (Lipinski definition) is 4. The lowest BCUT2D eigenvalue weighted by atomic mass is 9.84. The molecule has 180 valence electrons. The normalized spacial score (nSPS) is 18.6. The molecule has 0 saturated heterocycles. The number of amides is 3. The van der Waals surface area contributed by atoms with E-state index in [2.05, 4.69) is 10.4 Å². The third kappa shape index (κ3) is 5.76. The van der Waals surface area contributed by atoms with Gasteiger partial charge in [0.1, 0.15) is 11.3 Å². The second-order valence-electron chi connectivity index (χ2n) is 9.55. The average Bonchev–Trinajstić information content (AvgIpc) is 3.06. The summed E-state index contributed by atoms with van der Waals surface area (Å²) in [5.74, 6) is -1.91. The summed E-state index contributed by atoms with van der Waals surface area (Å²) in [5, 5.41) is 1.60. The Morgan fingerprint density at radius 2 is 1.91 bits per heavy atom. The Hall–Kier alpha value is -2.81. The lowest BCUT2D eigenvalue weighted by Gasteiger charge is -2.37. The number of rotatable bonds is 3. The molecule has 1 aliphatic rings. The van der Waals surface area contributed by atoms with Crippen molar-refractivity contribution in [3.63, 3.8) is 0 Å². The maximum Gasteiger partial charge on any atom is 0.429 e. The zero-order valence-electron chi connectivity index (χ0n) is 19.5. The molecule has 1 saturated carbocycles. The molecule has 0 unspecified atom stereocenters. The van der Waals surface area contributed by atoms with E-state index in [1.807, 2.05) is 0 Å². The molecular weight excluding hydrogens is 451 g/mol. The van der Waals surface area contributed by atoms with Crippen LogP contribution in [0.15, 0.2) is 18.2 Å². The van der Waals surface area contributed by atoms with E-state index in [4.69, 9.17) is 16.3 Å². The van der Waals surface area contributed by atoms with Crippen molar-refractivity contribution >= 4 is 40.4 Å². The van der Waals surface area contributed by atoms with Crippen molar-refractivity contribution in [3.05, 3.63) is 34.7 Å². The highest BCUT2D eigenvalue weighted by atomic mass is 35.5. The van der Waals surface area contributed by atoms with Crippen LogP contribution >= 0.6 is 11.6 Å². The van der Waals surface area contributed by atoms with Gasteiger partial charge in [-0.25, -0.2) is 14.2 Å². The van der Waals surface area contributed by atoms with Crippen molar-refractivity contribution in [3.8, 4) is 0 Å². The maximum atomic E-state index is 14.9. The molecule has 0 radical (unpaired) electrons. The van der Waals surface area contributed by atoms with Gasteiger partial charge in [0.05, 0.1) is 6.04 Å². The minimum absolute atomic E-state index is 0.0336. The second kappa shape index (κ2) is 9.59. The van der Waals surface area contributed by atoms with Crippen molar-refractivity contribution < 1.29 is 23.5 Å². The smallest absolute Gasteiger partial charge is 0.429 e. The predicted molar refractivity (Wildman–Crippen MR) is 123 cm³/mol. The van der Waals surface area contributed by atoms with E-state index >= 15 is 0 Å². The SMILES string of the molecule is CN(C)C(=O)[C@H]1CCC[C@@H](N(NC(=O)c2[nH]c3ccc(Cl)cc3c2F)C(=O)OC(C)(C)C)C1. The first-order chi connectivity index (χ1) is 15.4. The van der Waals surface area contributed by atoms with E-state index in [-0.39, 0.29) is 22.9 Å². The number of hydrogen-bond donors (Lipinski definition) is 2. The largest absolute Gasteiger partial charge is 0.442 e. The molecule has 1 aromatic carbocycles. The lowest BCUT2D eigenvalue weighted by molar-refractivity contribution is -0.134. The van der Waals surface area contributed by atoms with Gasteiger partial charge in [0.25, 0.3) is 5.91 Å². The van der Waals surface area contributed by atoms with Crippen LogP contribution in [0.3, 0.4) is 0 Å². The molecule has 1 aromatic heterocycles. The Kier molecular flexibility index (Phi) is 7.21. The van der Waals surface area contributed by atoms with Gasteiger partial charge in [-0.15, -0.1) is 0 Å². The fourth-order valence-electron chi connectivity index (χ4n) is 4.04. The van der Waals surface area contributed by atoms with E-state index in [1.54, 1.807) is 47.0 Å². The fourth-order valence-corrected chi connectivity index (χ4v) is 4.21.